The summed E-state index contributed by atoms with van der Waals surface area (Å²) in [6, 6.07) is 14.5. The monoisotopic (exact) mass is 490 g/mol. The molecule has 0 unspecified atom stereocenters. The molecule has 0 saturated carbocycles. The van der Waals surface area contributed by atoms with Gasteiger partial charge >= 0.3 is 0 Å². The van der Waals surface area contributed by atoms with E-state index in [2.05, 4.69) is 55.5 Å². The molecule has 5 rings (SSSR count). The van der Waals surface area contributed by atoms with Crippen LogP contribution in [0.4, 0.5) is 16.8 Å². The van der Waals surface area contributed by atoms with Crippen molar-refractivity contribution in [1.29, 1.82) is 0 Å². The van der Waals surface area contributed by atoms with E-state index in [0.717, 1.165) is 65.6 Å². The second kappa shape index (κ2) is 11.0. The van der Waals surface area contributed by atoms with Gasteiger partial charge in [-0.3, -0.25) is 4.90 Å². The van der Waals surface area contributed by atoms with Crippen LogP contribution in [0.1, 0.15) is 11.1 Å². The lowest BCUT2D eigenvalue weighted by Crippen LogP contribution is -2.37. The SMILES string of the molecule is Nc1nc2ccc(C=Cc3cnc(Nc4ccc(SCCN5CCOCC5)cc4)nc3)cc2s1. The highest BCUT2D eigenvalue weighted by atomic mass is 32.2. The summed E-state index contributed by atoms with van der Waals surface area (Å²) in [6.07, 6.45) is 7.66. The van der Waals surface area contributed by atoms with Crippen LogP contribution in [0.5, 0.6) is 0 Å². The lowest BCUT2D eigenvalue weighted by molar-refractivity contribution is 0.0410. The van der Waals surface area contributed by atoms with Gasteiger partial charge in [0.25, 0.3) is 0 Å². The van der Waals surface area contributed by atoms with Crippen LogP contribution in [0.25, 0.3) is 22.4 Å². The van der Waals surface area contributed by atoms with Gasteiger partial charge in [0, 0.05) is 53.9 Å². The molecular formula is C25H26N6OS2. The molecule has 2 aromatic heterocycles. The Morgan fingerprint density at radius 3 is 2.59 bits per heavy atom. The number of nitrogens with zero attached hydrogens (tertiary/aromatic N) is 4. The van der Waals surface area contributed by atoms with Crippen LogP contribution in [0.15, 0.2) is 59.8 Å². The van der Waals surface area contributed by atoms with Gasteiger partial charge in [-0.25, -0.2) is 15.0 Å². The van der Waals surface area contributed by atoms with E-state index in [1.54, 1.807) is 0 Å². The van der Waals surface area contributed by atoms with Crippen molar-refractivity contribution in [2.24, 2.45) is 0 Å². The zero-order valence-corrected chi connectivity index (χ0v) is 20.3. The van der Waals surface area contributed by atoms with Crippen molar-refractivity contribution in [3.05, 3.63) is 66.0 Å². The molecule has 2 aromatic carbocycles. The molecule has 0 bridgehead atoms. The molecule has 0 aliphatic carbocycles. The number of nitrogens with two attached hydrogens (primary N) is 1. The van der Waals surface area contributed by atoms with Crippen LogP contribution in [-0.4, -0.2) is 58.5 Å². The molecule has 4 aromatic rings. The minimum Gasteiger partial charge on any atom is -0.379 e. The summed E-state index contributed by atoms with van der Waals surface area (Å²) in [6.45, 7) is 4.87. The van der Waals surface area contributed by atoms with E-state index in [4.69, 9.17) is 10.5 Å². The number of fused-ring (bicyclic) bond motifs is 1. The first kappa shape index (κ1) is 22.8. The highest BCUT2D eigenvalue weighted by Crippen LogP contribution is 2.25. The number of ether oxygens (including phenoxy) is 1. The summed E-state index contributed by atoms with van der Waals surface area (Å²) in [5.41, 5.74) is 9.70. The predicted octanol–water partition coefficient (Wildman–Crippen LogP) is 5.01. The van der Waals surface area contributed by atoms with Crippen LogP contribution in [-0.2, 0) is 4.74 Å². The van der Waals surface area contributed by atoms with Crippen molar-refractivity contribution in [1.82, 2.24) is 19.9 Å². The molecule has 3 N–H and O–H groups in total. The van der Waals surface area contributed by atoms with Gasteiger partial charge in [0.1, 0.15) is 0 Å². The molecule has 34 heavy (non-hydrogen) atoms. The van der Waals surface area contributed by atoms with E-state index in [1.807, 2.05) is 48.4 Å². The zero-order valence-electron chi connectivity index (χ0n) is 18.7. The summed E-state index contributed by atoms with van der Waals surface area (Å²) < 4.78 is 6.48. The minimum atomic E-state index is 0.575. The Bertz CT molecular complexity index is 1250. The first-order chi connectivity index (χ1) is 16.7. The lowest BCUT2D eigenvalue weighted by Gasteiger charge is -2.26. The van der Waals surface area contributed by atoms with Gasteiger partial charge in [-0.15, -0.1) is 11.8 Å². The number of anilines is 3. The van der Waals surface area contributed by atoms with Gasteiger partial charge in [-0.2, -0.15) is 0 Å². The number of aromatic nitrogens is 3. The number of benzene rings is 2. The molecule has 0 amide bonds. The predicted molar refractivity (Wildman–Crippen MR) is 143 cm³/mol. The van der Waals surface area contributed by atoms with Crippen molar-refractivity contribution < 1.29 is 4.74 Å². The Balaban J connectivity index is 1.12. The Labute approximate surface area is 207 Å². The number of hydrogen-bond acceptors (Lipinski definition) is 9. The Morgan fingerprint density at radius 2 is 1.79 bits per heavy atom. The number of hydrogen-bond donors (Lipinski definition) is 2. The van der Waals surface area contributed by atoms with E-state index in [-0.39, 0.29) is 0 Å². The summed E-state index contributed by atoms with van der Waals surface area (Å²) in [5.74, 6) is 1.66. The zero-order chi connectivity index (χ0) is 23.2. The van der Waals surface area contributed by atoms with Crippen LogP contribution in [0.2, 0.25) is 0 Å². The standard InChI is InChI=1S/C25H26N6OS2/c26-24-30-22-8-3-18(15-23(22)34-24)1-2-19-16-27-25(28-17-19)29-20-4-6-21(7-5-20)33-14-11-31-9-12-32-13-10-31/h1-8,15-17H,9-14H2,(H2,26,30)(H,27,28,29). The number of nitrogens with one attached hydrogen (secondary N) is 1. The average molecular weight is 491 g/mol. The van der Waals surface area contributed by atoms with Gasteiger partial charge in [0.2, 0.25) is 5.95 Å². The summed E-state index contributed by atoms with van der Waals surface area (Å²) in [4.78, 5) is 16.9. The van der Waals surface area contributed by atoms with E-state index >= 15 is 0 Å². The maximum atomic E-state index is 5.79. The third kappa shape index (κ3) is 6.12. The van der Waals surface area contributed by atoms with Crippen LogP contribution < -0.4 is 11.1 Å². The average Bonchev–Trinajstić information content (AvgIpc) is 3.25. The van der Waals surface area contributed by atoms with Crippen molar-refractivity contribution in [2.45, 2.75) is 4.90 Å². The fourth-order valence-corrected chi connectivity index (χ4v) is 5.32. The highest BCUT2D eigenvalue weighted by Gasteiger charge is 2.09. The number of morpholine rings is 1. The van der Waals surface area contributed by atoms with Crippen molar-refractivity contribution >= 4 is 62.2 Å². The maximum Gasteiger partial charge on any atom is 0.227 e. The molecule has 0 atom stereocenters. The fourth-order valence-electron chi connectivity index (χ4n) is 3.62. The number of thioether (sulfide) groups is 1. The molecule has 1 saturated heterocycles. The number of rotatable bonds is 8. The molecule has 1 fully saturated rings. The largest absolute Gasteiger partial charge is 0.379 e. The minimum absolute atomic E-state index is 0.575. The second-order valence-corrected chi connectivity index (χ2v) is 10.1. The van der Waals surface area contributed by atoms with Gasteiger partial charge in [-0.1, -0.05) is 29.6 Å². The lowest BCUT2D eigenvalue weighted by atomic mass is 10.2. The topological polar surface area (TPSA) is 89.2 Å². The molecule has 1 aliphatic heterocycles. The fraction of sp³-hybridized carbons (Fsp3) is 0.240. The summed E-state index contributed by atoms with van der Waals surface area (Å²) in [5, 5.41) is 3.86. The molecule has 9 heteroatoms. The van der Waals surface area contributed by atoms with Gasteiger partial charge in [0.05, 0.1) is 23.4 Å². The Kier molecular flexibility index (Phi) is 7.35. The quantitative estimate of drug-likeness (QED) is 0.333. The Morgan fingerprint density at radius 1 is 1.03 bits per heavy atom. The van der Waals surface area contributed by atoms with E-state index in [0.29, 0.717) is 11.1 Å². The van der Waals surface area contributed by atoms with E-state index in [1.165, 1.54) is 16.2 Å². The molecule has 0 spiro atoms. The van der Waals surface area contributed by atoms with Crippen molar-refractivity contribution in [3.63, 3.8) is 0 Å². The summed E-state index contributed by atoms with van der Waals surface area (Å²) >= 11 is 3.37. The molecule has 3 heterocycles. The van der Waals surface area contributed by atoms with Crippen LogP contribution >= 0.6 is 23.1 Å². The number of thiazole rings is 1. The smallest absolute Gasteiger partial charge is 0.227 e. The van der Waals surface area contributed by atoms with E-state index in [9.17, 15) is 0 Å². The molecular weight excluding hydrogens is 464 g/mol. The highest BCUT2D eigenvalue weighted by molar-refractivity contribution is 7.99. The summed E-state index contributed by atoms with van der Waals surface area (Å²) in [7, 11) is 0. The van der Waals surface area contributed by atoms with Gasteiger partial charge in [0.15, 0.2) is 5.13 Å². The number of nitrogen functional groups attached to an aromatic ring is 1. The normalized spacial score (nSPS) is 14.7. The van der Waals surface area contributed by atoms with Gasteiger partial charge in [-0.05, 0) is 42.0 Å². The Hall–Kier alpha value is -2.98. The molecule has 7 nitrogen and oxygen atoms in total. The van der Waals surface area contributed by atoms with Gasteiger partial charge < -0.3 is 15.8 Å². The first-order valence-corrected chi connectivity index (χ1v) is 13.0. The second-order valence-electron chi connectivity index (χ2n) is 7.90. The molecule has 1 aliphatic rings. The van der Waals surface area contributed by atoms with Crippen molar-refractivity contribution in [2.75, 3.05) is 49.7 Å². The van der Waals surface area contributed by atoms with Crippen molar-refractivity contribution in [3.8, 4) is 0 Å². The third-order valence-corrected chi connectivity index (χ3v) is 7.30. The maximum absolute atomic E-state index is 5.79. The van der Waals surface area contributed by atoms with Crippen LogP contribution in [0, 0.1) is 0 Å². The molecule has 174 valence electrons. The molecule has 0 radical (unpaired) electrons. The van der Waals surface area contributed by atoms with Crippen LogP contribution in [0.3, 0.4) is 0 Å². The van der Waals surface area contributed by atoms with E-state index < -0.39 is 0 Å². The third-order valence-electron chi connectivity index (χ3n) is 5.46. The first-order valence-electron chi connectivity index (χ1n) is 11.2.